The van der Waals surface area contributed by atoms with Crippen LogP contribution in [0.4, 0.5) is 0 Å². The van der Waals surface area contributed by atoms with E-state index in [0.717, 1.165) is 18.8 Å². The van der Waals surface area contributed by atoms with E-state index in [1.54, 1.807) is 0 Å². The summed E-state index contributed by atoms with van der Waals surface area (Å²) in [5.74, 6) is 0. The van der Waals surface area contributed by atoms with Gasteiger partial charge in [0, 0.05) is 6.54 Å². The molecule has 0 radical (unpaired) electrons. The first-order valence-electron chi connectivity index (χ1n) is 6.71. The Bertz CT molecular complexity index is 575. The predicted octanol–water partition coefficient (Wildman–Crippen LogP) is 2.99. The molecule has 19 heavy (non-hydrogen) atoms. The van der Waals surface area contributed by atoms with Crippen molar-refractivity contribution in [2.45, 2.75) is 12.5 Å². The van der Waals surface area contributed by atoms with Crippen molar-refractivity contribution in [3.05, 3.63) is 71.8 Å². The monoisotopic (exact) mass is 250 g/mol. The van der Waals surface area contributed by atoms with Gasteiger partial charge in [-0.05, 0) is 18.1 Å². The van der Waals surface area contributed by atoms with Gasteiger partial charge in [0.1, 0.15) is 0 Å². The first kappa shape index (κ1) is 12.1. The SMILES string of the molecule is CC1(c2ccccc2)NCCN=C1c1ccccc1. The lowest BCUT2D eigenvalue weighted by Gasteiger charge is -2.36. The summed E-state index contributed by atoms with van der Waals surface area (Å²) in [5.41, 5.74) is 3.38. The number of rotatable bonds is 2. The van der Waals surface area contributed by atoms with Crippen molar-refractivity contribution >= 4 is 5.71 Å². The van der Waals surface area contributed by atoms with Crippen LogP contribution in [0.25, 0.3) is 0 Å². The molecule has 1 unspecified atom stereocenters. The van der Waals surface area contributed by atoms with Crippen LogP contribution in [0.2, 0.25) is 0 Å². The summed E-state index contributed by atoms with van der Waals surface area (Å²) in [4.78, 5) is 4.78. The molecule has 0 fully saturated rings. The average molecular weight is 250 g/mol. The minimum Gasteiger partial charge on any atom is -0.301 e. The van der Waals surface area contributed by atoms with Crippen molar-refractivity contribution < 1.29 is 0 Å². The molecular weight excluding hydrogens is 232 g/mol. The van der Waals surface area contributed by atoms with Crippen LogP contribution in [0.5, 0.6) is 0 Å². The number of aliphatic imine (C=N–C) groups is 1. The Balaban J connectivity index is 2.09. The van der Waals surface area contributed by atoms with Gasteiger partial charge in [-0.25, -0.2) is 0 Å². The summed E-state index contributed by atoms with van der Waals surface area (Å²) in [6, 6.07) is 21.0. The predicted molar refractivity (Wildman–Crippen MR) is 79.6 cm³/mol. The number of benzene rings is 2. The first-order chi connectivity index (χ1) is 9.31. The van der Waals surface area contributed by atoms with Crippen LogP contribution in [0.15, 0.2) is 65.7 Å². The highest BCUT2D eigenvalue weighted by Gasteiger charge is 2.34. The molecule has 2 aromatic carbocycles. The van der Waals surface area contributed by atoms with E-state index in [1.165, 1.54) is 11.1 Å². The Kier molecular flexibility index (Phi) is 3.18. The molecule has 0 bridgehead atoms. The van der Waals surface area contributed by atoms with Crippen LogP contribution in [0.1, 0.15) is 18.1 Å². The van der Waals surface area contributed by atoms with E-state index in [4.69, 9.17) is 4.99 Å². The second-order valence-electron chi connectivity index (χ2n) is 5.01. The van der Waals surface area contributed by atoms with Crippen LogP contribution in [-0.2, 0) is 5.54 Å². The van der Waals surface area contributed by atoms with Crippen LogP contribution >= 0.6 is 0 Å². The second kappa shape index (κ2) is 4.98. The Morgan fingerprint density at radius 3 is 2.26 bits per heavy atom. The van der Waals surface area contributed by atoms with Crippen LogP contribution in [-0.4, -0.2) is 18.8 Å². The van der Waals surface area contributed by atoms with E-state index in [0.29, 0.717) is 0 Å². The lowest BCUT2D eigenvalue weighted by atomic mass is 9.82. The Morgan fingerprint density at radius 2 is 1.58 bits per heavy atom. The van der Waals surface area contributed by atoms with E-state index >= 15 is 0 Å². The maximum Gasteiger partial charge on any atom is 0.0837 e. The van der Waals surface area contributed by atoms with Gasteiger partial charge in [0.05, 0.1) is 17.8 Å². The third-order valence-corrected chi connectivity index (χ3v) is 3.73. The molecule has 0 spiro atoms. The highest BCUT2D eigenvalue weighted by Crippen LogP contribution is 2.28. The molecule has 2 heteroatoms. The van der Waals surface area contributed by atoms with Crippen molar-refractivity contribution in [2.24, 2.45) is 4.99 Å². The molecular formula is C17H18N2. The van der Waals surface area contributed by atoms with Gasteiger partial charge in [-0.3, -0.25) is 4.99 Å². The minimum atomic E-state index is -0.207. The van der Waals surface area contributed by atoms with E-state index in [-0.39, 0.29) is 5.54 Å². The third kappa shape index (κ3) is 2.20. The van der Waals surface area contributed by atoms with Crippen LogP contribution < -0.4 is 5.32 Å². The molecule has 1 aliphatic heterocycles. The molecule has 1 atom stereocenters. The summed E-state index contributed by atoms with van der Waals surface area (Å²) in [5, 5.41) is 3.63. The molecule has 2 aromatic rings. The molecule has 3 rings (SSSR count). The van der Waals surface area contributed by atoms with Gasteiger partial charge in [-0.15, -0.1) is 0 Å². The molecule has 1 heterocycles. The molecule has 0 aliphatic carbocycles. The molecule has 0 saturated carbocycles. The summed E-state index contributed by atoms with van der Waals surface area (Å²) in [6.45, 7) is 3.97. The highest BCUT2D eigenvalue weighted by atomic mass is 15.1. The Morgan fingerprint density at radius 1 is 0.947 bits per heavy atom. The largest absolute Gasteiger partial charge is 0.301 e. The number of hydrogen-bond donors (Lipinski definition) is 1. The van der Waals surface area contributed by atoms with Crippen molar-refractivity contribution in [3.8, 4) is 0 Å². The van der Waals surface area contributed by atoms with E-state index < -0.39 is 0 Å². The zero-order chi connectivity index (χ0) is 13.1. The van der Waals surface area contributed by atoms with E-state index in [9.17, 15) is 0 Å². The fourth-order valence-electron chi connectivity index (χ4n) is 2.70. The van der Waals surface area contributed by atoms with Gasteiger partial charge in [-0.2, -0.15) is 0 Å². The second-order valence-corrected chi connectivity index (χ2v) is 5.01. The molecule has 1 N–H and O–H groups in total. The number of nitrogens with one attached hydrogen (secondary N) is 1. The lowest BCUT2D eigenvalue weighted by Crippen LogP contribution is -2.51. The standard InChI is InChI=1S/C17H18N2/c1-17(15-10-6-3-7-11-15)16(18-12-13-19-17)14-8-4-2-5-9-14/h2-11,19H,12-13H2,1H3. The molecule has 0 aromatic heterocycles. The fourth-order valence-corrected chi connectivity index (χ4v) is 2.70. The summed E-state index contributed by atoms with van der Waals surface area (Å²) in [7, 11) is 0. The lowest BCUT2D eigenvalue weighted by molar-refractivity contribution is 0.472. The smallest absolute Gasteiger partial charge is 0.0837 e. The summed E-state index contributed by atoms with van der Waals surface area (Å²) in [6.07, 6.45) is 0. The fraction of sp³-hybridized carbons (Fsp3) is 0.235. The molecule has 0 saturated heterocycles. The van der Waals surface area contributed by atoms with Crippen molar-refractivity contribution in [1.82, 2.24) is 5.32 Å². The van der Waals surface area contributed by atoms with Gasteiger partial charge >= 0.3 is 0 Å². The zero-order valence-corrected chi connectivity index (χ0v) is 11.1. The van der Waals surface area contributed by atoms with Crippen molar-refractivity contribution in [3.63, 3.8) is 0 Å². The van der Waals surface area contributed by atoms with Gasteiger partial charge in [0.25, 0.3) is 0 Å². The average Bonchev–Trinajstić information content (AvgIpc) is 2.49. The zero-order valence-electron chi connectivity index (χ0n) is 11.1. The van der Waals surface area contributed by atoms with Crippen molar-refractivity contribution in [2.75, 3.05) is 13.1 Å². The molecule has 96 valence electrons. The van der Waals surface area contributed by atoms with Crippen LogP contribution in [0.3, 0.4) is 0 Å². The Hall–Kier alpha value is -1.93. The summed E-state index contributed by atoms with van der Waals surface area (Å²) < 4.78 is 0. The quantitative estimate of drug-likeness (QED) is 0.870. The van der Waals surface area contributed by atoms with E-state index in [2.05, 4.69) is 66.8 Å². The first-order valence-corrected chi connectivity index (χ1v) is 6.71. The van der Waals surface area contributed by atoms with Crippen molar-refractivity contribution in [1.29, 1.82) is 0 Å². The van der Waals surface area contributed by atoms with Gasteiger partial charge in [0.2, 0.25) is 0 Å². The maximum absolute atomic E-state index is 4.78. The highest BCUT2D eigenvalue weighted by molar-refractivity contribution is 6.08. The molecule has 0 amide bonds. The topological polar surface area (TPSA) is 24.4 Å². The van der Waals surface area contributed by atoms with Gasteiger partial charge < -0.3 is 5.32 Å². The van der Waals surface area contributed by atoms with Crippen LogP contribution in [0, 0.1) is 0 Å². The van der Waals surface area contributed by atoms with Gasteiger partial charge in [0.15, 0.2) is 0 Å². The molecule has 1 aliphatic rings. The third-order valence-electron chi connectivity index (χ3n) is 3.73. The van der Waals surface area contributed by atoms with E-state index in [1.807, 2.05) is 6.07 Å². The maximum atomic E-state index is 4.78. The molecule has 2 nitrogen and oxygen atoms in total. The number of nitrogens with zero attached hydrogens (tertiary/aromatic N) is 1. The number of hydrogen-bond acceptors (Lipinski definition) is 2. The van der Waals surface area contributed by atoms with Gasteiger partial charge in [-0.1, -0.05) is 60.7 Å². The minimum absolute atomic E-state index is 0.207. The Labute approximate surface area is 114 Å². The summed E-state index contributed by atoms with van der Waals surface area (Å²) >= 11 is 0. The normalized spacial score (nSPS) is 22.9.